The number of hydrogen-bond donors (Lipinski definition) is 0. The van der Waals surface area contributed by atoms with Crippen molar-refractivity contribution in [2.24, 2.45) is 0 Å². The number of nitro benzene ring substituents is 1. The van der Waals surface area contributed by atoms with Gasteiger partial charge in [-0.1, -0.05) is 48.4 Å². The largest absolute Gasteiger partial charge is 0.300 e. The van der Waals surface area contributed by atoms with Crippen LogP contribution in [0.2, 0.25) is 0 Å². The maximum atomic E-state index is 12.8. The Morgan fingerprint density at radius 1 is 1.15 bits per heavy atom. The number of nitro groups is 1. The average Bonchev–Trinajstić information content (AvgIpc) is 2.69. The van der Waals surface area contributed by atoms with Gasteiger partial charge in [-0.2, -0.15) is 0 Å². The third-order valence-electron chi connectivity index (χ3n) is 5.00. The van der Waals surface area contributed by atoms with Crippen molar-refractivity contribution in [3.63, 3.8) is 0 Å². The predicted molar refractivity (Wildman–Crippen MR) is 105 cm³/mol. The predicted octanol–water partition coefficient (Wildman–Crippen LogP) is 4.25. The van der Waals surface area contributed by atoms with Crippen molar-refractivity contribution in [3.8, 4) is 12.3 Å². The highest BCUT2D eigenvalue weighted by Gasteiger charge is 2.33. The second-order valence-corrected chi connectivity index (χ2v) is 6.51. The molecule has 5 nitrogen and oxygen atoms in total. The fraction of sp³-hybridized carbons (Fsp3) is 0.136. The summed E-state index contributed by atoms with van der Waals surface area (Å²) in [6.45, 7) is 0.200. The summed E-state index contributed by atoms with van der Waals surface area (Å²) in [7, 11) is 0. The number of rotatable bonds is 3. The van der Waals surface area contributed by atoms with E-state index in [0.29, 0.717) is 0 Å². The molecule has 0 spiro atoms. The van der Waals surface area contributed by atoms with E-state index in [9.17, 15) is 14.9 Å². The van der Waals surface area contributed by atoms with Crippen molar-refractivity contribution in [2.75, 3.05) is 11.4 Å². The van der Waals surface area contributed by atoms with Crippen molar-refractivity contribution in [3.05, 3.63) is 81.9 Å². The van der Waals surface area contributed by atoms with Crippen LogP contribution in [-0.2, 0) is 4.79 Å². The number of amides is 1. The lowest BCUT2D eigenvalue weighted by Gasteiger charge is -2.34. The molecule has 0 aromatic heterocycles. The normalized spacial score (nSPS) is 16.0. The summed E-state index contributed by atoms with van der Waals surface area (Å²) >= 11 is 0. The van der Waals surface area contributed by atoms with E-state index in [1.54, 1.807) is 17.0 Å². The molecule has 0 fully saturated rings. The molecule has 3 aromatic rings. The molecule has 5 heteroatoms. The molecular formula is C22H16N2O3. The topological polar surface area (TPSA) is 63.5 Å². The lowest BCUT2D eigenvalue weighted by Crippen LogP contribution is -2.37. The minimum Gasteiger partial charge on any atom is -0.300 e. The highest BCUT2D eigenvalue weighted by Crippen LogP contribution is 2.44. The minimum absolute atomic E-state index is 0.0211. The molecule has 0 N–H and O–H groups in total. The molecule has 0 radical (unpaired) electrons. The van der Waals surface area contributed by atoms with Crippen molar-refractivity contribution in [1.82, 2.24) is 0 Å². The molecule has 0 saturated heterocycles. The zero-order valence-corrected chi connectivity index (χ0v) is 14.5. The standard InChI is InChI=1S/C22H16N2O3/c1-2-12-23-20-11-10-15-6-3-4-9-18(15)22(20)19(14-21(23)25)16-7-5-8-17(13-16)24(26)27/h1,3-11,13,19H,12,14H2. The third kappa shape index (κ3) is 2.81. The molecule has 1 unspecified atom stereocenters. The van der Waals surface area contributed by atoms with E-state index in [0.717, 1.165) is 27.6 Å². The summed E-state index contributed by atoms with van der Waals surface area (Å²) in [4.78, 5) is 25.2. The molecule has 0 saturated carbocycles. The molecule has 1 aliphatic rings. The van der Waals surface area contributed by atoms with Gasteiger partial charge in [-0.05, 0) is 28.0 Å². The Labute approximate surface area is 156 Å². The number of hydrogen-bond acceptors (Lipinski definition) is 3. The van der Waals surface area contributed by atoms with E-state index in [-0.39, 0.29) is 30.5 Å². The average molecular weight is 356 g/mol. The fourth-order valence-corrected chi connectivity index (χ4v) is 3.81. The SMILES string of the molecule is C#CCN1C(=O)CC(c2cccc([N+](=O)[O-])c2)c2c1ccc1ccccc21. The van der Waals surface area contributed by atoms with E-state index in [1.807, 2.05) is 42.5 Å². The van der Waals surface area contributed by atoms with Gasteiger partial charge >= 0.3 is 0 Å². The van der Waals surface area contributed by atoms with Gasteiger partial charge in [0.05, 0.1) is 11.5 Å². The van der Waals surface area contributed by atoms with Gasteiger partial charge in [0.1, 0.15) is 0 Å². The summed E-state index contributed by atoms with van der Waals surface area (Å²) in [6, 6.07) is 18.4. The molecule has 27 heavy (non-hydrogen) atoms. The molecule has 0 bridgehead atoms. The molecule has 1 atom stereocenters. The van der Waals surface area contributed by atoms with Gasteiger partial charge in [0, 0.05) is 30.2 Å². The molecule has 4 rings (SSSR count). The van der Waals surface area contributed by atoms with Crippen LogP contribution >= 0.6 is 0 Å². The first-order valence-electron chi connectivity index (χ1n) is 8.60. The molecule has 1 aliphatic heterocycles. The van der Waals surface area contributed by atoms with Crippen LogP contribution in [0.3, 0.4) is 0 Å². The monoisotopic (exact) mass is 356 g/mol. The van der Waals surface area contributed by atoms with E-state index >= 15 is 0 Å². The molecular weight excluding hydrogens is 340 g/mol. The lowest BCUT2D eigenvalue weighted by atomic mass is 9.81. The van der Waals surface area contributed by atoms with Crippen LogP contribution in [0, 0.1) is 22.5 Å². The van der Waals surface area contributed by atoms with Crippen LogP contribution in [0.1, 0.15) is 23.5 Å². The second kappa shape index (κ2) is 6.58. The number of fused-ring (bicyclic) bond motifs is 3. The summed E-state index contributed by atoms with van der Waals surface area (Å²) in [6.07, 6.45) is 5.70. The summed E-state index contributed by atoms with van der Waals surface area (Å²) in [5.41, 5.74) is 2.55. The highest BCUT2D eigenvalue weighted by molar-refractivity contribution is 6.03. The smallest absolute Gasteiger partial charge is 0.269 e. The Morgan fingerprint density at radius 3 is 2.74 bits per heavy atom. The van der Waals surface area contributed by atoms with Crippen LogP contribution < -0.4 is 4.90 Å². The van der Waals surface area contributed by atoms with Crippen molar-refractivity contribution in [2.45, 2.75) is 12.3 Å². The summed E-state index contributed by atoms with van der Waals surface area (Å²) in [5, 5.41) is 13.3. The van der Waals surface area contributed by atoms with Crippen LogP contribution in [-0.4, -0.2) is 17.4 Å². The number of carbonyl (C=O) groups is 1. The zero-order chi connectivity index (χ0) is 19.0. The van der Waals surface area contributed by atoms with Gasteiger partial charge in [0.25, 0.3) is 5.69 Å². The van der Waals surface area contributed by atoms with E-state index in [2.05, 4.69) is 5.92 Å². The van der Waals surface area contributed by atoms with Gasteiger partial charge in [-0.25, -0.2) is 0 Å². The maximum absolute atomic E-state index is 12.8. The number of nitrogens with zero attached hydrogens (tertiary/aromatic N) is 2. The van der Waals surface area contributed by atoms with Crippen LogP contribution in [0.15, 0.2) is 60.7 Å². The Bertz CT molecular complexity index is 1110. The zero-order valence-electron chi connectivity index (χ0n) is 14.5. The molecule has 132 valence electrons. The third-order valence-corrected chi connectivity index (χ3v) is 5.00. The number of terminal acetylenes is 1. The van der Waals surface area contributed by atoms with Crippen molar-refractivity contribution in [1.29, 1.82) is 0 Å². The molecule has 3 aromatic carbocycles. The number of anilines is 1. The summed E-state index contributed by atoms with van der Waals surface area (Å²) < 4.78 is 0. The van der Waals surface area contributed by atoms with Crippen molar-refractivity contribution < 1.29 is 9.72 Å². The first kappa shape index (κ1) is 16.8. The van der Waals surface area contributed by atoms with Crippen molar-refractivity contribution >= 4 is 28.1 Å². The van der Waals surface area contributed by atoms with Gasteiger partial charge in [0.15, 0.2) is 0 Å². The van der Waals surface area contributed by atoms with Gasteiger partial charge in [-0.3, -0.25) is 14.9 Å². The quantitative estimate of drug-likeness (QED) is 0.400. The Hall–Kier alpha value is -3.65. The second-order valence-electron chi connectivity index (χ2n) is 6.51. The van der Waals surface area contributed by atoms with Gasteiger partial charge in [0.2, 0.25) is 5.91 Å². The molecule has 0 aliphatic carbocycles. The molecule has 1 heterocycles. The van der Waals surface area contributed by atoms with E-state index < -0.39 is 4.92 Å². The maximum Gasteiger partial charge on any atom is 0.269 e. The van der Waals surface area contributed by atoms with Crippen LogP contribution in [0.5, 0.6) is 0 Å². The van der Waals surface area contributed by atoms with Crippen LogP contribution in [0.25, 0.3) is 10.8 Å². The number of non-ortho nitro benzene ring substituents is 1. The van der Waals surface area contributed by atoms with Gasteiger partial charge in [-0.15, -0.1) is 6.42 Å². The molecule has 1 amide bonds. The first-order chi connectivity index (χ1) is 13.1. The number of carbonyl (C=O) groups excluding carboxylic acids is 1. The minimum atomic E-state index is -0.414. The fourth-order valence-electron chi connectivity index (χ4n) is 3.81. The van der Waals surface area contributed by atoms with E-state index in [1.165, 1.54) is 6.07 Å². The lowest BCUT2D eigenvalue weighted by molar-refractivity contribution is -0.384. The van der Waals surface area contributed by atoms with Gasteiger partial charge < -0.3 is 4.90 Å². The Morgan fingerprint density at radius 2 is 1.96 bits per heavy atom. The first-order valence-corrected chi connectivity index (χ1v) is 8.60. The highest BCUT2D eigenvalue weighted by atomic mass is 16.6. The number of benzene rings is 3. The van der Waals surface area contributed by atoms with Crippen LogP contribution in [0.4, 0.5) is 11.4 Å². The Kier molecular flexibility index (Phi) is 4.09. The summed E-state index contributed by atoms with van der Waals surface area (Å²) in [5.74, 6) is 2.22. The van der Waals surface area contributed by atoms with E-state index in [4.69, 9.17) is 6.42 Å². The Balaban J connectivity index is 1.97.